The van der Waals surface area contributed by atoms with Crippen LogP contribution in [0.5, 0.6) is 0 Å². The zero-order valence-electron chi connectivity index (χ0n) is 13.8. The van der Waals surface area contributed by atoms with Crippen molar-refractivity contribution in [1.29, 1.82) is 0 Å². The molecule has 0 heterocycles. The van der Waals surface area contributed by atoms with Crippen molar-refractivity contribution in [3.05, 3.63) is 79.4 Å². The number of nitro groups is 2. The summed E-state index contributed by atoms with van der Waals surface area (Å²) in [6.45, 7) is 6.24. The lowest BCUT2D eigenvalue weighted by Crippen LogP contribution is -2.23. The topological polar surface area (TPSA) is 86.3 Å². The van der Waals surface area contributed by atoms with E-state index in [4.69, 9.17) is 0 Å². The molecule has 1 aliphatic rings. The maximum Gasteiger partial charge on any atom is 0.269 e. The Labute approximate surface area is 139 Å². The highest BCUT2D eigenvalue weighted by Crippen LogP contribution is 2.53. The normalized spacial score (nSPS) is 21.3. The Kier molecular flexibility index (Phi) is 3.44. The van der Waals surface area contributed by atoms with Crippen molar-refractivity contribution in [2.24, 2.45) is 0 Å². The Bertz CT molecular complexity index is 843. The van der Waals surface area contributed by atoms with E-state index in [2.05, 4.69) is 20.8 Å². The van der Waals surface area contributed by atoms with Crippen molar-refractivity contribution in [1.82, 2.24) is 0 Å². The fourth-order valence-electron chi connectivity index (χ4n) is 3.97. The van der Waals surface area contributed by atoms with Gasteiger partial charge >= 0.3 is 0 Å². The van der Waals surface area contributed by atoms with Gasteiger partial charge in [0.15, 0.2) is 0 Å². The molecule has 0 N–H and O–H groups in total. The fraction of sp³-hybridized carbons (Fsp3) is 0.333. The van der Waals surface area contributed by atoms with Gasteiger partial charge in [0.2, 0.25) is 0 Å². The van der Waals surface area contributed by atoms with Crippen LogP contribution < -0.4 is 0 Å². The van der Waals surface area contributed by atoms with Crippen LogP contribution in [0.25, 0.3) is 0 Å². The first kappa shape index (κ1) is 16.1. The fourth-order valence-corrected chi connectivity index (χ4v) is 3.97. The highest BCUT2D eigenvalue weighted by molar-refractivity contribution is 5.56. The summed E-state index contributed by atoms with van der Waals surface area (Å²) in [6.07, 6.45) is 0.786. The maximum absolute atomic E-state index is 11.1. The van der Waals surface area contributed by atoms with Crippen LogP contribution in [0.15, 0.2) is 42.5 Å². The van der Waals surface area contributed by atoms with Gasteiger partial charge in [0.05, 0.1) is 9.85 Å². The van der Waals surface area contributed by atoms with Crippen molar-refractivity contribution in [2.75, 3.05) is 0 Å². The number of non-ortho nitro benzene ring substituents is 2. The Hall–Kier alpha value is -2.76. The molecular weight excluding hydrogens is 308 g/mol. The predicted molar refractivity (Wildman–Crippen MR) is 90.3 cm³/mol. The summed E-state index contributed by atoms with van der Waals surface area (Å²) in [5, 5.41) is 21.9. The van der Waals surface area contributed by atoms with Gasteiger partial charge in [-0.1, -0.05) is 39.0 Å². The highest BCUT2D eigenvalue weighted by atomic mass is 16.6. The van der Waals surface area contributed by atoms with E-state index < -0.39 is 4.92 Å². The van der Waals surface area contributed by atoms with E-state index in [0.29, 0.717) is 0 Å². The van der Waals surface area contributed by atoms with Gasteiger partial charge < -0.3 is 0 Å². The molecule has 2 aromatic rings. The van der Waals surface area contributed by atoms with Gasteiger partial charge in [0, 0.05) is 29.7 Å². The number of fused-ring (bicyclic) bond motifs is 1. The van der Waals surface area contributed by atoms with Gasteiger partial charge in [-0.3, -0.25) is 20.2 Å². The number of hydrogen-bond donors (Lipinski definition) is 0. The molecule has 1 aliphatic carbocycles. The van der Waals surface area contributed by atoms with Crippen LogP contribution in [0.1, 0.15) is 43.9 Å². The minimum atomic E-state index is -0.415. The molecule has 1 atom stereocenters. The molecular formula is C18H18N2O4. The monoisotopic (exact) mass is 326 g/mol. The minimum Gasteiger partial charge on any atom is -0.258 e. The third kappa shape index (κ3) is 2.35. The molecule has 24 heavy (non-hydrogen) atoms. The van der Waals surface area contributed by atoms with Crippen LogP contribution in [0, 0.1) is 20.2 Å². The first-order valence-electron chi connectivity index (χ1n) is 7.69. The summed E-state index contributed by atoms with van der Waals surface area (Å²) in [4.78, 5) is 21.2. The molecule has 2 aromatic carbocycles. The molecule has 0 amide bonds. The predicted octanol–water partition coefficient (Wildman–Crippen LogP) is 4.49. The lowest BCUT2D eigenvalue weighted by Gasteiger charge is -2.28. The molecule has 0 aliphatic heterocycles. The average Bonchev–Trinajstić information content (AvgIpc) is 2.74. The van der Waals surface area contributed by atoms with Gasteiger partial charge in [-0.2, -0.15) is 0 Å². The molecule has 6 heteroatoms. The molecule has 0 radical (unpaired) electrons. The molecule has 0 spiro atoms. The second kappa shape index (κ2) is 5.12. The number of nitro benzene ring substituents is 2. The van der Waals surface area contributed by atoms with Crippen LogP contribution >= 0.6 is 0 Å². The van der Waals surface area contributed by atoms with Crippen LogP contribution in [-0.4, -0.2) is 9.85 Å². The van der Waals surface area contributed by atoms with Gasteiger partial charge in [-0.15, -0.1) is 0 Å². The zero-order chi connectivity index (χ0) is 17.7. The van der Waals surface area contributed by atoms with E-state index in [-0.39, 0.29) is 27.1 Å². The molecule has 124 valence electrons. The summed E-state index contributed by atoms with van der Waals surface area (Å²) in [5.74, 6) is 0. The van der Waals surface area contributed by atoms with Crippen LogP contribution in [-0.2, 0) is 10.8 Å². The number of nitrogens with zero attached hydrogens (tertiary/aromatic N) is 2. The van der Waals surface area contributed by atoms with E-state index in [1.807, 2.05) is 6.07 Å². The molecule has 0 saturated heterocycles. The third-order valence-corrected chi connectivity index (χ3v) is 5.05. The van der Waals surface area contributed by atoms with E-state index in [1.54, 1.807) is 18.2 Å². The van der Waals surface area contributed by atoms with Gasteiger partial charge in [-0.25, -0.2) is 0 Å². The second-order valence-electron chi connectivity index (χ2n) is 7.18. The first-order valence-corrected chi connectivity index (χ1v) is 7.69. The van der Waals surface area contributed by atoms with Crippen LogP contribution in [0.3, 0.4) is 0 Å². The summed E-state index contributed by atoms with van der Waals surface area (Å²) >= 11 is 0. The summed E-state index contributed by atoms with van der Waals surface area (Å²) in [7, 11) is 0. The van der Waals surface area contributed by atoms with Crippen molar-refractivity contribution in [3.8, 4) is 0 Å². The standard InChI is InChI=1S/C18H18N2O4/c1-17(2)11-18(3,12-4-6-13(7-5-12)19(21)22)15-9-8-14(20(23)24)10-16(15)17/h4-10H,11H2,1-3H3. The second-order valence-corrected chi connectivity index (χ2v) is 7.18. The molecule has 1 unspecified atom stereocenters. The quantitative estimate of drug-likeness (QED) is 0.614. The maximum atomic E-state index is 11.1. The Morgan fingerprint density at radius 2 is 1.38 bits per heavy atom. The molecule has 0 fully saturated rings. The van der Waals surface area contributed by atoms with E-state index >= 15 is 0 Å². The molecule has 0 bridgehead atoms. The van der Waals surface area contributed by atoms with Crippen molar-refractivity contribution < 1.29 is 9.85 Å². The van der Waals surface area contributed by atoms with E-state index in [9.17, 15) is 20.2 Å². The van der Waals surface area contributed by atoms with Crippen LogP contribution in [0.4, 0.5) is 11.4 Å². The van der Waals surface area contributed by atoms with Crippen molar-refractivity contribution in [3.63, 3.8) is 0 Å². The molecule has 0 saturated carbocycles. The largest absolute Gasteiger partial charge is 0.269 e. The first-order chi connectivity index (χ1) is 11.1. The van der Waals surface area contributed by atoms with Crippen LogP contribution in [0.2, 0.25) is 0 Å². The van der Waals surface area contributed by atoms with Gasteiger partial charge in [-0.05, 0) is 28.5 Å². The zero-order valence-corrected chi connectivity index (χ0v) is 13.8. The van der Waals surface area contributed by atoms with Crippen molar-refractivity contribution in [2.45, 2.75) is 38.0 Å². The van der Waals surface area contributed by atoms with Gasteiger partial charge in [0.25, 0.3) is 11.4 Å². The molecule has 3 rings (SSSR count). The number of hydrogen-bond acceptors (Lipinski definition) is 4. The van der Waals surface area contributed by atoms with Gasteiger partial charge in [0.1, 0.15) is 0 Å². The van der Waals surface area contributed by atoms with Crippen molar-refractivity contribution >= 4 is 11.4 Å². The SMILES string of the molecule is CC1(C)CC(C)(c2ccc([N+](=O)[O-])cc2)c2ccc([N+](=O)[O-])cc21. The number of rotatable bonds is 3. The molecule has 6 nitrogen and oxygen atoms in total. The van der Waals surface area contributed by atoms with E-state index in [1.165, 1.54) is 18.2 Å². The average molecular weight is 326 g/mol. The summed E-state index contributed by atoms with van der Waals surface area (Å²) in [5.41, 5.74) is 2.61. The Morgan fingerprint density at radius 3 is 1.92 bits per heavy atom. The smallest absolute Gasteiger partial charge is 0.258 e. The summed E-state index contributed by atoms with van der Waals surface area (Å²) < 4.78 is 0. The lowest BCUT2D eigenvalue weighted by molar-refractivity contribution is -0.385. The third-order valence-electron chi connectivity index (χ3n) is 5.05. The number of benzene rings is 2. The lowest BCUT2D eigenvalue weighted by atomic mass is 9.75. The Morgan fingerprint density at radius 1 is 0.833 bits per heavy atom. The highest BCUT2D eigenvalue weighted by Gasteiger charge is 2.46. The summed E-state index contributed by atoms with van der Waals surface area (Å²) in [6, 6.07) is 11.6. The Balaban J connectivity index is 2.13. The minimum absolute atomic E-state index is 0.0588. The molecule has 0 aromatic heterocycles. The van der Waals surface area contributed by atoms with E-state index in [0.717, 1.165) is 23.1 Å².